The Morgan fingerprint density at radius 2 is 2.28 bits per heavy atom. The maximum absolute atomic E-state index is 10.8. The van der Waals surface area contributed by atoms with Crippen LogP contribution in [0.25, 0.3) is 0 Å². The van der Waals surface area contributed by atoms with Crippen molar-refractivity contribution < 1.29 is 14.6 Å². The van der Waals surface area contributed by atoms with Gasteiger partial charge in [-0.1, -0.05) is 11.8 Å². The zero-order valence-corrected chi connectivity index (χ0v) is 10.5. The van der Waals surface area contributed by atoms with Gasteiger partial charge in [-0.2, -0.15) is 0 Å². The summed E-state index contributed by atoms with van der Waals surface area (Å²) in [6, 6.07) is 0.457. The van der Waals surface area contributed by atoms with Crippen LogP contribution >= 0.6 is 11.8 Å². The third-order valence-electron chi connectivity index (χ3n) is 3.14. The second-order valence-electron chi connectivity index (χ2n) is 4.61. The van der Waals surface area contributed by atoms with E-state index in [2.05, 4.69) is 15.5 Å². The maximum atomic E-state index is 10.8. The van der Waals surface area contributed by atoms with E-state index >= 15 is 0 Å². The van der Waals surface area contributed by atoms with Crippen LogP contribution in [0.5, 0.6) is 0 Å². The fourth-order valence-corrected chi connectivity index (χ4v) is 3.00. The third-order valence-corrected chi connectivity index (χ3v) is 4.20. The zero-order valence-electron chi connectivity index (χ0n) is 9.73. The lowest BCUT2D eigenvalue weighted by Gasteiger charge is -2.10. The molecule has 0 bridgehead atoms. The molecule has 18 heavy (non-hydrogen) atoms. The first-order valence-electron chi connectivity index (χ1n) is 6.03. The average molecular weight is 270 g/mol. The topological polar surface area (TPSA) is 90.1 Å². The molecule has 7 nitrogen and oxygen atoms in total. The molecule has 0 amide bonds. The molecule has 0 spiro atoms. The van der Waals surface area contributed by atoms with Crippen LogP contribution in [0.4, 0.5) is 0 Å². The van der Waals surface area contributed by atoms with Crippen molar-refractivity contribution in [2.24, 2.45) is 0 Å². The third kappa shape index (κ3) is 2.49. The van der Waals surface area contributed by atoms with E-state index in [0.717, 1.165) is 24.4 Å². The van der Waals surface area contributed by atoms with Crippen molar-refractivity contribution in [3.05, 3.63) is 0 Å². The van der Waals surface area contributed by atoms with Crippen molar-refractivity contribution in [1.82, 2.24) is 20.2 Å². The summed E-state index contributed by atoms with van der Waals surface area (Å²) >= 11 is 1.54. The normalized spacial score (nSPS) is 27.6. The predicted molar refractivity (Wildman–Crippen MR) is 62.3 cm³/mol. The van der Waals surface area contributed by atoms with E-state index in [9.17, 15) is 4.79 Å². The molecule has 3 rings (SSSR count). The summed E-state index contributed by atoms with van der Waals surface area (Å²) in [5.41, 5.74) is 0. The molecule has 8 heteroatoms. The lowest BCUT2D eigenvalue weighted by atomic mass is 10.2. The number of tetrazole rings is 1. The van der Waals surface area contributed by atoms with Crippen molar-refractivity contribution >= 4 is 17.7 Å². The van der Waals surface area contributed by atoms with Crippen molar-refractivity contribution in [1.29, 1.82) is 0 Å². The molecular weight excluding hydrogens is 256 g/mol. The van der Waals surface area contributed by atoms with Gasteiger partial charge in [0, 0.05) is 5.75 Å². The average Bonchev–Trinajstić information content (AvgIpc) is 2.92. The number of aromatic nitrogens is 4. The number of nitrogens with zero attached hydrogens (tertiary/aromatic N) is 4. The number of ether oxygens (including phenoxy) is 1. The van der Waals surface area contributed by atoms with Crippen LogP contribution in [0.2, 0.25) is 0 Å². The zero-order chi connectivity index (χ0) is 12.5. The molecule has 2 atom stereocenters. The van der Waals surface area contributed by atoms with E-state index in [1.807, 2.05) is 4.68 Å². The SMILES string of the molecule is O=C(O)C1CCC(CSc2nnnn2C2CC2)O1. The lowest BCUT2D eigenvalue weighted by molar-refractivity contribution is -0.148. The Morgan fingerprint density at radius 1 is 1.44 bits per heavy atom. The van der Waals surface area contributed by atoms with Gasteiger partial charge in [0.1, 0.15) is 0 Å². The quantitative estimate of drug-likeness (QED) is 0.789. The monoisotopic (exact) mass is 270 g/mol. The van der Waals surface area contributed by atoms with Crippen LogP contribution in [0, 0.1) is 0 Å². The first-order valence-corrected chi connectivity index (χ1v) is 7.01. The molecule has 1 aromatic heterocycles. The summed E-state index contributed by atoms with van der Waals surface area (Å²) in [7, 11) is 0. The Labute approximate surface area is 108 Å². The summed E-state index contributed by atoms with van der Waals surface area (Å²) in [4.78, 5) is 10.8. The molecular formula is C10H14N4O3S. The Morgan fingerprint density at radius 3 is 2.94 bits per heavy atom. The summed E-state index contributed by atoms with van der Waals surface area (Å²) < 4.78 is 7.29. The molecule has 2 fully saturated rings. The van der Waals surface area contributed by atoms with Crippen LogP contribution in [-0.4, -0.2) is 49.2 Å². The summed E-state index contributed by atoms with van der Waals surface area (Å²) in [5, 5.41) is 21.3. The molecule has 0 aromatic carbocycles. The molecule has 1 aliphatic carbocycles. The molecule has 1 aromatic rings. The summed E-state index contributed by atoms with van der Waals surface area (Å²) in [6.45, 7) is 0. The van der Waals surface area contributed by atoms with Gasteiger partial charge in [0.2, 0.25) is 5.16 Å². The first-order chi connectivity index (χ1) is 8.74. The fourth-order valence-electron chi connectivity index (χ4n) is 2.01. The first kappa shape index (κ1) is 11.9. The number of thioether (sulfide) groups is 1. The van der Waals surface area contributed by atoms with E-state index in [0.29, 0.717) is 18.2 Å². The van der Waals surface area contributed by atoms with Gasteiger partial charge in [0.05, 0.1) is 12.1 Å². The molecule has 2 unspecified atom stereocenters. The number of aliphatic carboxylic acids is 1. The fraction of sp³-hybridized carbons (Fsp3) is 0.800. The van der Waals surface area contributed by atoms with Crippen molar-refractivity contribution in [3.63, 3.8) is 0 Å². The van der Waals surface area contributed by atoms with Gasteiger partial charge < -0.3 is 9.84 Å². The number of hydrogen-bond acceptors (Lipinski definition) is 6. The van der Waals surface area contributed by atoms with Gasteiger partial charge in [-0.05, 0) is 36.1 Å². The number of rotatable bonds is 5. The predicted octanol–water partition coefficient (Wildman–Crippen LogP) is 0.732. The number of carboxylic acids is 1. The van der Waals surface area contributed by atoms with E-state index in [1.54, 1.807) is 11.8 Å². The largest absolute Gasteiger partial charge is 0.479 e. The Kier molecular flexibility index (Phi) is 3.21. The minimum absolute atomic E-state index is 0.0135. The molecule has 2 aliphatic rings. The molecule has 1 aliphatic heterocycles. The van der Waals surface area contributed by atoms with E-state index in [1.165, 1.54) is 0 Å². The molecule has 1 saturated carbocycles. The van der Waals surface area contributed by atoms with Gasteiger partial charge in [0.25, 0.3) is 0 Å². The summed E-state index contributed by atoms with van der Waals surface area (Å²) in [6.07, 6.45) is 3.00. The lowest BCUT2D eigenvalue weighted by Crippen LogP contribution is -2.21. The highest BCUT2D eigenvalue weighted by atomic mass is 32.2. The van der Waals surface area contributed by atoms with Gasteiger partial charge in [-0.3, -0.25) is 0 Å². The van der Waals surface area contributed by atoms with E-state index in [-0.39, 0.29) is 6.10 Å². The second-order valence-corrected chi connectivity index (χ2v) is 5.60. The Hall–Kier alpha value is -1.15. The molecule has 1 N–H and O–H groups in total. The van der Waals surface area contributed by atoms with Gasteiger partial charge in [-0.15, -0.1) is 5.10 Å². The molecule has 2 heterocycles. The van der Waals surface area contributed by atoms with Crippen LogP contribution < -0.4 is 0 Å². The maximum Gasteiger partial charge on any atom is 0.332 e. The van der Waals surface area contributed by atoms with Crippen LogP contribution in [0.3, 0.4) is 0 Å². The number of hydrogen-bond donors (Lipinski definition) is 1. The highest BCUT2D eigenvalue weighted by Crippen LogP contribution is 2.36. The van der Waals surface area contributed by atoms with Crippen LogP contribution in [-0.2, 0) is 9.53 Å². The van der Waals surface area contributed by atoms with Crippen molar-refractivity contribution in [2.75, 3.05) is 5.75 Å². The molecule has 1 saturated heterocycles. The minimum atomic E-state index is -0.870. The highest BCUT2D eigenvalue weighted by molar-refractivity contribution is 7.99. The molecule has 98 valence electrons. The van der Waals surface area contributed by atoms with Crippen LogP contribution in [0.1, 0.15) is 31.7 Å². The minimum Gasteiger partial charge on any atom is -0.479 e. The smallest absolute Gasteiger partial charge is 0.332 e. The summed E-state index contributed by atoms with van der Waals surface area (Å²) in [5.74, 6) is -0.165. The highest BCUT2D eigenvalue weighted by Gasteiger charge is 2.32. The van der Waals surface area contributed by atoms with E-state index in [4.69, 9.17) is 9.84 Å². The van der Waals surface area contributed by atoms with Crippen LogP contribution in [0.15, 0.2) is 5.16 Å². The van der Waals surface area contributed by atoms with Gasteiger partial charge in [0.15, 0.2) is 6.10 Å². The second kappa shape index (κ2) is 4.85. The van der Waals surface area contributed by atoms with Crippen molar-refractivity contribution in [2.45, 2.75) is 49.1 Å². The molecule has 0 radical (unpaired) electrons. The van der Waals surface area contributed by atoms with Crippen molar-refractivity contribution in [3.8, 4) is 0 Å². The van der Waals surface area contributed by atoms with Gasteiger partial charge in [-0.25, -0.2) is 9.48 Å². The number of carboxylic acid groups (broad SMARTS) is 1. The standard InChI is InChI=1S/C10H14N4O3S/c15-9(16)8-4-3-7(17-8)5-18-10-11-12-13-14(10)6-1-2-6/h6-8H,1-5H2,(H,15,16). The Balaban J connectivity index is 1.52. The van der Waals surface area contributed by atoms with E-state index < -0.39 is 12.1 Å². The Bertz CT molecular complexity index is 448. The number of carbonyl (C=O) groups is 1. The van der Waals surface area contributed by atoms with Gasteiger partial charge >= 0.3 is 5.97 Å².